The molecule has 0 spiro atoms. The molecular weight excluding hydrogens is 152 g/mol. The average molecular weight is 156 g/mol. The molecule has 0 saturated heterocycles. The van der Waals surface area contributed by atoms with Crippen LogP contribution < -0.4 is 5.73 Å². The van der Waals surface area contributed by atoms with Gasteiger partial charge in [-0.2, -0.15) is 0 Å². The molecule has 1 aromatic rings. The predicted octanol–water partition coefficient (Wildman–Crippen LogP) is -0.978. The predicted molar refractivity (Wildman–Crippen MR) is 33.1 cm³/mol. The topological polar surface area (TPSA) is 104 Å². The van der Waals surface area contributed by atoms with Gasteiger partial charge >= 0.3 is 0 Å². The number of nitrogens with two attached hydrogens (primary N) is 1. The third-order valence-corrected chi connectivity index (χ3v) is 1.03. The molecule has 0 saturated carbocycles. The maximum Gasteiger partial charge on any atom is 0.273 e. The van der Waals surface area contributed by atoms with Crippen LogP contribution in [-0.2, 0) is 0 Å². The van der Waals surface area contributed by atoms with E-state index in [1.54, 1.807) is 0 Å². The van der Waals surface area contributed by atoms with Crippen molar-refractivity contribution in [3.8, 4) is 0 Å². The Morgan fingerprint density at radius 1 is 1.82 bits per heavy atom. The first-order chi connectivity index (χ1) is 5.13. The Kier molecular flexibility index (Phi) is 1.55. The van der Waals surface area contributed by atoms with Crippen LogP contribution in [0.1, 0.15) is 10.5 Å². The van der Waals surface area contributed by atoms with Crippen LogP contribution in [0.5, 0.6) is 0 Å². The number of carbonyl (C=O) groups excluding carboxylic acids is 1. The van der Waals surface area contributed by atoms with Gasteiger partial charge in [-0.15, -0.1) is 0 Å². The summed E-state index contributed by atoms with van der Waals surface area (Å²) in [4.78, 5) is 20.9. The minimum Gasteiger partial charge on any atom is -0.364 e. The number of amides is 1. The maximum absolute atomic E-state index is 10.4. The molecule has 1 aromatic heterocycles. The minimum absolute atomic E-state index is 0.241. The lowest BCUT2D eigenvalue weighted by Crippen LogP contribution is -2.21. The summed E-state index contributed by atoms with van der Waals surface area (Å²) >= 11 is 0. The van der Waals surface area contributed by atoms with Crippen molar-refractivity contribution in [2.24, 2.45) is 5.73 Å². The third-order valence-electron chi connectivity index (χ3n) is 1.03. The van der Waals surface area contributed by atoms with Gasteiger partial charge in [-0.05, 0) is 0 Å². The van der Waals surface area contributed by atoms with E-state index in [1.807, 2.05) is 0 Å². The zero-order chi connectivity index (χ0) is 8.43. The summed E-state index contributed by atoms with van der Waals surface area (Å²) < 4.78 is 0. The Bertz CT molecular complexity index is 276. The summed E-state index contributed by atoms with van der Waals surface area (Å²) in [6.07, 6.45) is 1.13. The van der Waals surface area contributed by atoms with Crippen molar-refractivity contribution < 1.29 is 9.83 Å². The number of nitro groups is 1. The van der Waals surface area contributed by atoms with Gasteiger partial charge in [0, 0.05) is 16.0 Å². The Morgan fingerprint density at radius 2 is 2.45 bits per heavy atom. The lowest BCUT2D eigenvalue weighted by atomic mass is 10.4. The molecule has 1 amide bonds. The summed E-state index contributed by atoms with van der Waals surface area (Å²) in [5.41, 5.74) is 4.55. The molecule has 0 unspecified atom stereocenters. The molecule has 2 N–H and O–H groups in total. The Morgan fingerprint density at radius 3 is 2.82 bits per heavy atom. The van der Waals surface area contributed by atoms with Gasteiger partial charge in [0.25, 0.3) is 5.91 Å². The minimum atomic E-state index is -0.876. The number of rotatable bonds is 2. The Labute approximate surface area is 60.5 Å². The molecule has 58 valence electrons. The van der Waals surface area contributed by atoms with E-state index >= 15 is 0 Å². The molecule has 0 aliphatic rings. The highest BCUT2D eigenvalue weighted by molar-refractivity contribution is 5.90. The largest absolute Gasteiger partial charge is 0.364 e. The van der Waals surface area contributed by atoms with Crippen LogP contribution in [0.4, 0.5) is 0 Å². The van der Waals surface area contributed by atoms with Gasteiger partial charge in [-0.25, -0.2) is 0 Å². The monoisotopic (exact) mass is 156 g/mol. The molecular formula is C4H4N4O3. The highest BCUT2D eigenvalue weighted by Crippen LogP contribution is 1.95. The molecule has 0 aliphatic heterocycles. The van der Waals surface area contributed by atoms with Crippen LogP contribution in [0.2, 0.25) is 0 Å². The van der Waals surface area contributed by atoms with E-state index in [9.17, 15) is 14.9 Å². The van der Waals surface area contributed by atoms with Crippen LogP contribution in [-0.4, -0.2) is 20.8 Å². The smallest absolute Gasteiger partial charge is 0.273 e. The van der Waals surface area contributed by atoms with Crippen molar-refractivity contribution >= 4 is 5.91 Å². The van der Waals surface area contributed by atoms with Crippen LogP contribution in [0.3, 0.4) is 0 Å². The van der Waals surface area contributed by atoms with E-state index in [2.05, 4.69) is 5.10 Å². The van der Waals surface area contributed by atoms with E-state index in [1.165, 1.54) is 6.07 Å². The van der Waals surface area contributed by atoms with Gasteiger partial charge in [-0.1, -0.05) is 0 Å². The number of aromatic nitrogens is 2. The number of primary amides is 1. The lowest BCUT2D eigenvalue weighted by molar-refractivity contribution is -0.553. The zero-order valence-corrected chi connectivity index (χ0v) is 5.30. The van der Waals surface area contributed by atoms with Gasteiger partial charge in [0.05, 0.1) is 5.03 Å². The fourth-order valence-electron chi connectivity index (χ4n) is 0.607. The first-order valence-electron chi connectivity index (χ1n) is 2.61. The molecule has 0 aromatic carbocycles. The second kappa shape index (κ2) is 2.37. The third kappa shape index (κ3) is 1.16. The van der Waals surface area contributed by atoms with Crippen LogP contribution >= 0.6 is 0 Å². The standard InChI is InChI=1S/C4H4N4O3/c5-4(9)3-1-2-6-7(3)8(10)11/h1-2H,(H2,5,9). The lowest BCUT2D eigenvalue weighted by Gasteiger charge is -1.93. The number of nitrogens with zero attached hydrogens (tertiary/aromatic N) is 3. The van der Waals surface area contributed by atoms with Crippen LogP contribution in [0.15, 0.2) is 12.3 Å². The van der Waals surface area contributed by atoms with Crippen molar-refractivity contribution in [2.75, 3.05) is 0 Å². The number of hydrogen-bond acceptors (Lipinski definition) is 4. The molecule has 0 aliphatic carbocycles. The van der Waals surface area contributed by atoms with E-state index in [-0.39, 0.29) is 5.69 Å². The molecule has 0 fully saturated rings. The Hall–Kier alpha value is -1.92. The normalized spacial score (nSPS) is 9.45. The molecule has 0 bridgehead atoms. The van der Waals surface area contributed by atoms with Crippen molar-refractivity contribution in [2.45, 2.75) is 0 Å². The van der Waals surface area contributed by atoms with Gasteiger partial charge in [-0.3, -0.25) is 4.79 Å². The highest BCUT2D eigenvalue weighted by atomic mass is 16.7. The second-order valence-corrected chi connectivity index (χ2v) is 1.71. The highest BCUT2D eigenvalue weighted by Gasteiger charge is 2.15. The van der Waals surface area contributed by atoms with Crippen molar-refractivity contribution in [3.63, 3.8) is 0 Å². The molecule has 7 nitrogen and oxygen atoms in total. The first kappa shape index (κ1) is 7.19. The van der Waals surface area contributed by atoms with Gasteiger partial charge in [0.2, 0.25) is 5.69 Å². The average Bonchev–Trinajstić information content (AvgIpc) is 2.32. The van der Waals surface area contributed by atoms with E-state index in [0.29, 0.717) is 4.79 Å². The SMILES string of the molecule is NC(=O)c1ccnn1[N+](=O)[O-]. The van der Waals surface area contributed by atoms with Crippen molar-refractivity contribution in [1.82, 2.24) is 9.89 Å². The molecule has 1 rings (SSSR count). The van der Waals surface area contributed by atoms with Crippen LogP contribution in [0.25, 0.3) is 0 Å². The quantitative estimate of drug-likeness (QED) is 0.439. The molecule has 0 atom stereocenters. The summed E-state index contributed by atoms with van der Waals surface area (Å²) in [5.74, 6) is -0.876. The summed E-state index contributed by atoms with van der Waals surface area (Å²) in [6, 6.07) is 1.17. The van der Waals surface area contributed by atoms with Crippen LogP contribution in [0, 0.1) is 10.1 Å². The first-order valence-corrected chi connectivity index (χ1v) is 2.61. The number of carbonyl (C=O) groups is 1. The van der Waals surface area contributed by atoms with E-state index in [4.69, 9.17) is 5.73 Å². The molecule has 7 heteroatoms. The zero-order valence-electron chi connectivity index (χ0n) is 5.30. The van der Waals surface area contributed by atoms with Gasteiger partial charge in [0.15, 0.2) is 6.20 Å². The van der Waals surface area contributed by atoms with E-state index < -0.39 is 10.9 Å². The van der Waals surface area contributed by atoms with Crippen molar-refractivity contribution in [3.05, 3.63) is 28.1 Å². The molecule has 1 heterocycles. The number of hydrogen-bond donors (Lipinski definition) is 1. The summed E-state index contributed by atoms with van der Waals surface area (Å²) in [5, 5.41) is 12.5. The van der Waals surface area contributed by atoms with Gasteiger partial charge < -0.3 is 15.8 Å². The second-order valence-electron chi connectivity index (χ2n) is 1.71. The summed E-state index contributed by atoms with van der Waals surface area (Å²) in [6.45, 7) is 0. The van der Waals surface area contributed by atoms with Crippen molar-refractivity contribution in [1.29, 1.82) is 0 Å². The fourth-order valence-corrected chi connectivity index (χ4v) is 0.607. The maximum atomic E-state index is 10.4. The van der Waals surface area contributed by atoms with Gasteiger partial charge in [0.1, 0.15) is 0 Å². The molecule has 11 heavy (non-hydrogen) atoms. The van der Waals surface area contributed by atoms with E-state index in [0.717, 1.165) is 6.20 Å². The fraction of sp³-hybridized carbons (Fsp3) is 0. The molecule has 0 radical (unpaired) electrons. The Balaban J connectivity index is 3.16. The summed E-state index contributed by atoms with van der Waals surface area (Å²) in [7, 11) is 0.